The SMILES string of the molecule is CC(C)[C@H]1CCc2cc(C#N)ccc21. The number of fused-ring (bicyclic) bond motifs is 1. The lowest BCUT2D eigenvalue weighted by Gasteiger charge is -2.15. The van der Waals surface area contributed by atoms with Gasteiger partial charge in [-0.3, -0.25) is 0 Å². The standard InChI is InChI=1S/C13H15N/c1-9(2)12-6-4-11-7-10(8-14)3-5-13(11)12/h3,5,7,9,12H,4,6H2,1-2H3/t12-/m1/s1. The van der Waals surface area contributed by atoms with Crippen molar-refractivity contribution in [2.45, 2.75) is 32.6 Å². The van der Waals surface area contributed by atoms with E-state index in [1.165, 1.54) is 17.5 Å². The Morgan fingerprint density at radius 3 is 2.86 bits per heavy atom. The molecular formula is C13H15N. The van der Waals surface area contributed by atoms with E-state index >= 15 is 0 Å². The highest BCUT2D eigenvalue weighted by Gasteiger charge is 2.24. The molecule has 0 saturated carbocycles. The van der Waals surface area contributed by atoms with E-state index in [2.05, 4.69) is 32.0 Å². The van der Waals surface area contributed by atoms with Crippen molar-refractivity contribution in [3.63, 3.8) is 0 Å². The molecule has 14 heavy (non-hydrogen) atoms. The van der Waals surface area contributed by atoms with E-state index < -0.39 is 0 Å². The largest absolute Gasteiger partial charge is 0.192 e. The van der Waals surface area contributed by atoms with Gasteiger partial charge < -0.3 is 0 Å². The minimum absolute atomic E-state index is 0.706. The van der Waals surface area contributed by atoms with Crippen molar-refractivity contribution in [3.8, 4) is 6.07 Å². The molecule has 0 fully saturated rings. The Hall–Kier alpha value is -1.29. The summed E-state index contributed by atoms with van der Waals surface area (Å²) in [6.07, 6.45) is 2.40. The van der Waals surface area contributed by atoms with E-state index in [1.807, 2.05) is 6.07 Å². The fraction of sp³-hybridized carbons (Fsp3) is 0.462. The average Bonchev–Trinajstić information content (AvgIpc) is 2.59. The monoisotopic (exact) mass is 185 g/mol. The van der Waals surface area contributed by atoms with Crippen molar-refractivity contribution < 1.29 is 0 Å². The smallest absolute Gasteiger partial charge is 0.0991 e. The van der Waals surface area contributed by atoms with E-state index in [9.17, 15) is 0 Å². The minimum Gasteiger partial charge on any atom is -0.192 e. The predicted octanol–water partition coefficient (Wildman–Crippen LogP) is 3.24. The first-order valence-corrected chi connectivity index (χ1v) is 5.25. The summed E-state index contributed by atoms with van der Waals surface area (Å²) in [5, 5.41) is 8.79. The van der Waals surface area contributed by atoms with Crippen LogP contribution in [-0.4, -0.2) is 0 Å². The maximum Gasteiger partial charge on any atom is 0.0991 e. The molecule has 1 aromatic carbocycles. The van der Waals surface area contributed by atoms with Crippen molar-refractivity contribution >= 4 is 0 Å². The van der Waals surface area contributed by atoms with Crippen molar-refractivity contribution in [3.05, 3.63) is 34.9 Å². The van der Waals surface area contributed by atoms with Gasteiger partial charge in [0.15, 0.2) is 0 Å². The summed E-state index contributed by atoms with van der Waals surface area (Å²) in [5.41, 5.74) is 3.66. The molecule has 0 bridgehead atoms. The van der Waals surface area contributed by atoms with Crippen LogP contribution in [0.15, 0.2) is 18.2 Å². The van der Waals surface area contributed by atoms with Gasteiger partial charge in [-0.2, -0.15) is 5.26 Å². The first kappa shape index (κ1) is 9.27. The fourth-order valence-electron chi connectivity index (χ4n) is 2.41. The molecule has 0 unspecified atom stereocenters. The van der Waals surface area contributed by atoms with Crippen LogP contribution in [0.4, 0.5) is 0 Å². The van der Waals surface area contributed by atoms with Crippen LogP contribution in [0, 0.1) is 17.2 Å². The van der Waals surface area contributed by atoms with E-state index in [4.69, 9.17) is 5.26 Å². The number of benzene rings is 1. The predicted molar refractivity (Wildman–Crippen MR) is 57.1 cm³/mol. The summed E-state index contributed by atoms with van der Waals surface area (Å²) >= 11 is 0. The Kier molecular flexibility index (Phi) is 2.29. The topological polar surface area (TPSA) is 23.8 Å². The van der Waals surface area contributed by atoms with Crippen LogP contribution in [0.5, 0.6) is 0 Å². The van der Waals surface area contributed by atoms with Gasteiger partial charge in [-0.05, 0) is 47.9 Å². The van der Waals surface area contributed by atoms with Gasteiger partial charge >= 0.3 is 0 Å². The zero-order valence-electron chi connectivity index (χ0n) is 8.75. The molecule has 72 valence electrons. The summed E-state index contributed by atoms with van der Waals surface area (Å²) in [5.74, 6) is 1.42. The summed E-state index contributed by atoms with van der Waals surface area (Å²) in [6, 6.07) is 8.34. The van der Waals surface area contributed by atoms with Gasteiger partial charge in [-0.1, -0.05) is 19.9 Å². The van der Waals surface area contributed by atoms with Crippen LogP contribution in [-0.2, 0) is 6.42 Å². The van der Waals surface area contributed by atoms with E-state index in [0.29, 0.717) is 11.8 Å². The number of aryl methyl sites for hydroxylation is 1. The molecule has 2 rings (SSSR count). The fourth-order valence-corrected chi connectivity index (χ4v) is 2.41. The third-order valence-electron chi connectivity index (χ3n) is 3.20. The molecule has 1 aliphatic rings. The van der Waals surface area contributed by atoms with Crippen molar-refractivity contribution in [2.75, 3.05) is 0 Å². The number of nitriles is 1. The Balaban J connectivity index is 2.39. The lowest BCUT2D eigenvalue weighted by Crippen LogP contribution is -2.01. The summed E-state index contributed by atoms with van der Waals surface area (Å²) in [4.78, 5) is 0. The Morgan fingerprint density at radius 2 is 2.21 bits per heavy atom. The second kappa shape index (κ2) is 3.46. The molecule has 0 aliphatic heterocycles. The third kappa shape index (κ3) is 1.42. The maximum atomic E-state index is 8.79. The normalized spacial score (nSPS) is 19.4. The summed E-state index contributed by atoms with van der Waals surface area (Å²) in [6.45, 7) is 4.55. The van der Waals surface area contributed by atoms with Crippen LogP contribution in [0.2, 0.25) is 0 Å². The second-order valence-electron chi connectivity index (χ2n) is 4.41. The molecule has 0 aromatic heterocycles. The van der Waals surface area contributed by atoms with Crippen LogP contribution in [0.25, 0.3) is 0 Å². The molecule has 0 N–H and O–H groups in total. The highest BCUT2D eigenvalue weighted by molar-refractivity contribution is 5.42. The maximum absolute atomic E-state index is 8.79. The van der Waals surface area contributed by atoms with Gasteiger partial charge in [0.2, 0.25) is 0 Å². The third-order valence-corrected chi connectivity index (χ3v) is 3.20. The molecule has 0 saturated heterocycles. The van der Waals surface area contributed by atoms with Gasteiger partial charge in [-0.25, -0.2) is 0 Å². The lowest BCUT2D eigenvalue weighted by atomic mass is 9.90. The first-order chi connectivity index (χ1) is 6.72. The van der Waals surface area contributed by atoms with Gasteiger partial charge in [0.05, 0.1) is 11.6 Å². The molecule has 0 spiro atoms. The second-order valence-corrected chi connectivity index (χ2v) is 4.41. The van der Waals surface area contributed by atoms with Gasteiger partial charge in [0, 0.05) is 0 Å². The molecule has 0 radical (unpaired) electrons. The van der Waals surface area contributed by atoms with Gasteiger partial charge in [-0.15, -0.1) is 0 Å². The highest BCUT2D eigenvalue weighted by Crippen LogP contribution is 2.38. The lowest BCUT2D eigenvalue weighted by molar-refractivity contribution is 0.496. The molecule has 0 heterocycles. The minimum atomic E-state index is 0.706. The van der Waals surface area contributed by atoms with Crippen molar-refractivity contribution in [2.24, 2.45) is 5.92 Å². The zero-order valence-corrected chi connectivity index (χ0v) is 8.75. The molecule has 1 nitrogen and oxygen atoms in total. The van der Waals surface area contributed by atoms with Crippen molar-refractivity contribution in [1.82, 2.24) is 0 Å². The van der Waals surface area contributed by atoms with E-state index in [0.717, 1.165) is 12.0 Å². The highest BCUT2D eigenvalue weighted by atomic mass is 14.3. The Labute approximate surface area is 85.4 Å². The van der Waals surface area contributed by atoms with Crippen LogP contribution in [0.1, 0.15) is 42.9 Å². The van der Waals surface area contributed by atoms with Crippen LogP contribution >= 0.6 is 0 Å². The summed E-state index contributed by atoms with van der Waals surface area (Å²) in [7, 11) is 0. The first-order valence-electron chi connectivity index (χ1n) is 5.25. The number of hydrogen-bond donors (Lipinski definition) is 0. The van der Waals surface area contributed by atoms with Crippen LogP contribution in [0.3, 0.4) is 0 Å². The average molecular weight is 185 g/mol. The Morgan fingerprint density at radius 1 is 1.43 bits per heavy atom. The van der Waals surface area contributed by atoms with Crippen molar-refractivity contribution in [1.29, 1.82) is 5.26 Å². The molecular weight excluding hydrogens is 170 g/mol. The molecule has 1 heteroatoms. The quantitative estimate of drug-likeness (QED) is 0.659. The number of rotatable bonds is 1. The number of nitrogens with zero attached hydrogens (tertiary/aromatic N) is 1. The molecule has 1 aliphatic carbocycles. The molecule has 0 amide bonds. The summed E-state index contributed by atoms with van der Waals surface area (Å²) < 4.78 is 0. The number of hydrogen-bond acceptors (Lipinski definition) is 1. The van der Waals surface area contributed by atoms with E-state index in [1.54, 1.807) is 0 Å². The molecule has 1 atom stereocenters. The van der Waals surface area contributed by atoms with E-state index in [-0.39, 0.29) is 0 Å². The van der Waals surface area contributed by atoms with Gasteiger partial charge in [0.1, 0.15) is 0 Å². The van der Waals surface area contributed by atoms with Gasteiger partial charge in [0.25, 0.3) is 0 Å². The zero-order chi connectivity index (χ0) is 10.1. The Bertz CT molecular complexity index is 385. The van der Waals surface area contributed by atoms with Crippen LogP contribution < -0.4 is 0 Å². The molecule has 1 aromatic rings.